The van der Waals surface area contributed by atoms with Crippen molar-refractivity contribution in [2.75, 3.05) is 7.11 Å². The summed E-state index contributed by atoms with van der Waals surface area (Å²) in [6.07, 6.45) is 4.84. The number of carbonyl (C=O) groups is 1. The van der Waals surface area contributed by atoms with Crippen LogP contribution in [0.4, 0.5) is 0 Å². The Morgan fingerprint density at radius 3 is 2.71 bits per heavy atom. The molecule has 6 heteroatoms. The van der Waals surface area contributed by atoms with Gasteiger partial charge >= 0.3 is 5.97 Å². The van der Waals surface area contributed by atoms with Gasteiger partial charge < -0.3 is 9.30 Å². The maximum absolute atomic E-state index is 12.3. The Morgan fingerprint density at radius 1 is 1.33 bits per heavy atom. The van der Waals surface area contributed by atoms with Gasteiger partial charge in [0.25, 0.3) is 0 Å². The van der Waals surface area contributed by atoms with Crippen LogP contribution in [0.3, 0.4) is 0 Å². The molecule has 1 atom stereocenters. The van der Waals surface area contributed by atoms with Crippen LogP contribution in [0.25, 0.3) is 0 Å². The van der Waals surface area contributed by atoms with Crippen LogP contribution in [0, 0.1) is 11.3 Å². The highest BCUT2D eigenvalue weighted by Gasteiger charge is 2.51. The molecule has 2 aromatic rings. The monoisotopic (exact) mass is 345 g/mol. The first-order valence-corrected chi connectivity index (χ1v) is 8.72. The second-order valence-electron chi connectivity index (χ2n) is 6.91. The molecule has 0 radical (unpaired) electrons. The van der Waals surface area contributed by atoms with Crippen molar-refractivity contribution in [2.24, 2.45) is 11.3 Å². The molecule has 24 heavy (non-hydrogen) atoms. The maximum Gasteiger partial charge on any atom is 0.311 e. The van der Waals surface area contributed by atoms with Gasteiger partial charge in [-0.1, -0.05) is 30.2 Å². The fourth-order valence-electron chi connectivity index (χ4n) is 4.07. The van der Waals surface area contributed by atoms with Crippen molar-refractivity contribution in [3.63, 3.8) is 0 Å². The average Bonchev–Trinajstić information content (AvgIpc) is 2.95. The van der Waals surface area contributed by atoms with Crippen molar-refractivity contribution < 1.29 is 9.53 Å². The summed E-state index contributed by atoms with van der Waals surface area (Å²) in [6, 6.07) is 7.76. The number of esters is 1. The van der Waals surface area contributed by atoms with E-state index >= 15 is 0 Å². The van der Waals surface area contributed by atoms with Crippen molar-refractivity contribution >= 4 is 17.6 Å². The number of nitrogens with zero attached hydrogens (tertiary/aromatic N) is 3. The highest BCUT2D eigenvalue weighted by Crippen LogP contribution is 2.52. The molecule has 1 aliphatic carbocycles. The van der Waals surface area contributed by atoms with E-state index in [-0.39, 0.29) is 17.3 Å². The van der Waals surface area contributed by atoms with Crippen LogP contribution in [0.2, 0.25) is 5.02 Å². The number of benzene rings is 1. The highest BCUT2D eigenvalue weighted by atomic mass is 35.5. The van der Waals surface area contributed by atoms with Crippen molar-refractivity contribution in [1.29, 1.82) is 0 Å². The summed E-state index contributed by atoms with van der Waals surface area (Å²) in [4.78, 5) is 12.3. The molecule has 2 aliphatic rings. The van der Waals surface area contributed by atoms with E-state index in [2.05, 4.69) is 14.8 Å². The summed E-state index contributed by atoms with van der Waals surface area (Å²) in [5.41, 5.74) is 1.17. The predicted molar refractivity (Wildman–Crippen MR) is 89.8 cm³/mol. The van der Waals surface area contributed by atoms with Crippen LogP contribution in [0.15, 0.2) is 24.3 Å². The highest BCUT2D eigenvalue weighted by molar-refractivity contribution is 6.30. The number of aromatic nitrogens is 3. The van der Waals surface area contributed by atoms with E-state index in [4.69, 9.17) is 16.3 Å². The first-order chi connectivity index (χ1) is 11.6. The van der Waals surface area contributed by atoms with Gasteiger partial charge in [-0.15, -0.1) is 10.2 Å². The lowest BCUT2D eigenvalue weighted by molar-refractivity contribution is -0.156. The first-order valence-electron chi connectivity index (χ1n) is 8.34. The van der Waals surface area contributed by atoms with E-state index in [1.54, 1.807) is 0 Å². The third-order valence-corrected chi connectivity index (χ3v) is 5.88. The number of ether oxygens (including phenoxy) is 1. The Kier molecular flexibility index (Phi) is 3.83. The summed E-state index contributed by atoms with van der Waals surface area (Å²) in [5, 5.41) is 9.51. The topological polar surface area (TPSA) is 57.0 Å². The zero-order valence-corrected chi connectivity index (χ0v) is 14.4. The largest absolute Gasteiger partial charge is 0.469 e. The van der Waals surface area contributed by atoms with Crippen LogP contribution >= 0.6 is 11.6 Å². The molecule has 0 amide bonds. The number of rotatable bonds is 3. The van der Waals surface area contributed by atoms with Crippen LogP contribution in [-0.2, 0) is 28.9 Å². The number of fused-ring (bicyclic) bond motifs is 1. The van der Waals surface area contributed by atoms with Crippen molar-refractivity contribution in [2.45, 2.75) is 38.6 Å². The normalized spacial score (nSPS) is 21.2. The van der Waals surface area contributed by atoms with Gasteiger partial charge in [0.1, 0.15) is 11.6 Å². The zero-order valence-electron chi connectivity index (χ0n) is 13.7. The first kappa shape index (κ1) is 15.6. The number of carbonyl (C=O) groups excluding carboxylic acids is 1. The number of halogens is 1. The summed E-state index contributed by atoms with van der Waals surface area (Å²) in [7, 11) is 1.48. The number of hydrogen-bond donors (Lipinski definition) is 0. The smallest absolute Gasteiger partial charge is 0.311 e. The van der Waals surface area contributed by atoms with Crippen molar-refractivity contribution in [3.8, 4) is 0 Å². The van der Waals surface area contributed by atoms with Gasteiger partial charge in [0, 0.05) is 24.4 Å². The minimum absolute atomic E-state index is 0.0354. The van der Waals surface area contributed by atoms with E-state index in [0.717, 1.165) is 41.5 Å². The molecule has 1 fully saturated rings. The van der Waals surface area contributed by atoms with Crippen molar-refractivity contribution in [3.05, 3.63) is 46.5 Å². The number of methoxy groups -OCH3 is 1. The lowest BCUT2D eigenvalue weighted by atomic mass is 9.58. The SMILES string of the molecule is COC(=O)C1Cn2c(Cc3ccc(Cl)cc3)nnc2CC12CCC2. The van der Waals surface area contributed by atoms with Gasteiger partial charge in [-0.2, -0.15) is 0 Å². The molecule has 4 rings (SSSR count). The molecule has 1 aromatic heterocycles. The Labute approximate surface area is 146 Å². The van der Waals surface area contributed by atoms with Gasteiger partial charge in [-0.3, -0.25) is 4.79 Å². The van der Waals surface area contributed by atoms with Gasteiger partial charge in [0.2, 0.25) is 0 Å². The standard InChI is InChI=1S/C18H20ClN3O2/c1-24-17(23)14-11-22-15(9-12-3-5-13(19)6-4-12)20-21-16(22)10-18(14)7-2-8-18/h3-6,14H,2,7-11H2,1H3. The second-order valence-corrected chi connectivity index (χ2v) is 7.35. The molecule has 1 aromatic carbocycles. The lowest BCUT2D eigenvalue weighted by Gasteiger charge is -2.49. The second kappa shape index (κ2) is 5.88. The van der Waals surface area contributed by atoms with Gasteiger partial charge in [0.15, 0.2) is 0 Å². The molecule has 1 aliphatic heterocycles. The van der Waals surface area contributed by atoms with E-state index in [0.29, 0.717) is 13.0 Å². The third kappa shape index (κ3) is 2.51. The minimum atomic E-state index is -0.105. The molecule has 1 saturated carbocycles. The maximum atomic E-state index is 12.3. The number of hydrogen-bond acceptors (Lipinski definition) is 4. The Hall–Kier alpha value is -1.88. The molecule has 126 valence electrons. The Balaban J connectivity index is 1.63. The van der Waals surface area contributed by atoms with E-state index in [1.807, 2.05) is 24.3 Å². The van der Waals surface area contributed by atoms with E-state index in [1.165, 1.54) is 13.5 Å². The van der Waals surface area contributed by atoms with Crippen LogP contribution in [-0.4, -0.2) is 27.8 Å². The van der Waals surface area contributed by atoms with Gasteiger partial charge in [0.05, 0.1) is 13.0 Å². The van der Waals surface area contributed by atoms with Gasteiger partial charge in [-0.25, -0.2) is 0 Å². The fraction of sp³-hybridized carbons (Fsp3) is 0.500. The van der Waals surface area contributed by atoms with Crippen molar-refractivity contribution in [1.82, 2.24) is 14.8 Å². The summed E-state index contributed by atoms with van der Waals surface area (Å²) >= 11 is 5.95. The minimum Gasteiger partial charge on any atom is -0.469 e. The summed E-state index contributed by atoms with van der Waals surface area (Å²) < 4.78 is 7.19. The molecule has 5 nitrogen and oxygen atoms in total. The van der Waals surface area contributed by atoms with E-state index in [9.17, 15) is 4.79 Å². The molecule has 2 heterocycles. The average molecular weight is 346 g/mol. The van der Waals surface area contributed by atoms with Crippen LogP contribution in [0.1, 0.15) is 36.5 Å². The van der Waals surface area contributed by atoms with Gasteiger partial charge in [-0.05, 0) is 36.0 Å². The summed E-state index contributed by atoms with van der Waals surface area (Å²) in [6.45, 7) is 0.623. The molecule has 0 bridgehead atoms. The zero-order chi connectivity index (χ0) is 16.7. The lowest BCUT2D eigenvalue weighted by Crippen LogP contribution is -2.49. The molecule has 1 spiro atoms. The molecular weight excluding hydrogens is 326 g/mol. The Bertz CT molecular complexity index is 765. The third-order valence-electron chi connectivity index (χ3n) is 5.63. The molecule has 0 N–H and O–H groups in total. The van der Waals surface area contributed by atoms with Crippen LogP contribution in [0.5, 0.6) is 0 Å². The van der Waals surface area contributed by atoms with E-state index < -0.39 is 0 Å². The van der Waals surface area contributed by atoms with Crippen LogP contribution < -0.4 is 0 Å². The fourth-order valence-corrected chi connectivity index (χ4v) is 4.19. The molecular formula is C18H20ClN3O2. The Morgan fingerprint density at radius 2 is 2.08 bits per heavy atom. The molecule has 0 saturated heterocycles. The molecule has 1 unspecified atom stereocenters. The quantitative estimate of drug-likeness (QED) is 0.802. The summed E-state index contributed by atoms with van der Waals surface area (Å²) in [5.74, 6) is 1.70. The predicted octanol–water partition coefficient (Wildman–Crippen LogP) is 3.04.